The molecule has 82 valence electrons. The highest BCUT2D eigenvalue weighted by atomic mass is 16.5. The molecule has 0 bridgehead atoms. The van der Waals surface area contributed by atoms with Crippen LogP contribution < -0.4 is 10.4 Å². The van der Waals surface area contributed by atoms with Crippen LogP contribution in [0.5, 0.6) is 5.75 Å². The van der Waals surface area contributed by atoms with Gasteiger partial charge in [-0.2, -0.15) is 0 Å². The number of hydrogen-bond donors (Lipinski definition) is 0. The molecule has 3 heteroatoms. The van der Waals surface area contributed by atoms with E-state index >= 15 is 0 Å². The Labute approximate surface area is 93.0 Å². The number of allylic oxidation sites excluding steroid dienone is 1. The van der Waals surface area contributed by atoms with Crippen molar-refractivity contribution in [3.8, 4) is 5.75 Å². The summed E-state index contributed by atoms with van der Waals surface area (Å²) in [6.45, 7) is 2.37. The van der Waals surface area contributed by atoms with E-state index in [2.05, 4.69) is 0 Å². The van der Waals surface area contributed by atoms with Crippen LogP contribution in [0.25, 0.3) is 11.0 Å². The van der Waals surface area contributed by atoms with Crippen molar-refractivity contribution in [2.24, 2.45) is 0 Å². The summed E-state index contributed by atoms with van der Waals surface area (Å²) in [5.74, 6) is 0.560. The first-order chi connectivity index (χ1) is 7.81. The fraction of sp³-hybridized carbons (Fsp3) is 0.154. The summed E-state index contributed by atoms with van der Waals surface area (Å²) in [5, 5.41) is 0.812. The van der Waals surface area contributed by atoms with Gasteiger partial charge in [0.05, 0.1) is 11.5 Å². The molecule has 1 heterocycles. The molecule has 16 heavy (non-hydrogen) atoms. The first-order valence-electron chi connectivity index (χ1n) is 5.08. The molecule has 2 rings (SSSR count). The van der Waals surface area contributed by atoms with Gasteiger partial charge in [0.2, 0.25) is 0 Å². The highest BCUT2D eigenvalue weighted by Gasteiger charge is 2.04. The maximum atomic E-state index is 11.3. The van der Waals surface area contributed by atoms with E-state index in [1.54, 1.807) is 6.07 Å². The Morgan fingerprint density at radius 2 is 2.19 bits per heavy atom. The summed E-state index contributed by atoms with van der Waals surface area (Å²) in [7, 11) is 0. The molecule has 2 aromatic rings. The van der Waals surface area contributed by atoms with Gasteiger partial charge in [0.25, 0.3) is 0 Å². The summed E-state index contributed by atoms with van der Waals surface area (Å²) in [6.07, 6.45) is 3.77. The van der Waals surface area contributed by atoms with Crippen molar-refractivity contribution in [3.63, 3.8) is 0 Å². The van der Waals surface area contributed by atoms with E-state index in [1.807, 2.05) is 37.3 Å². The Hall–Kier alpha value is -2.03. The van der Waals surface area contributed by atoms with E-state index in [4.69, 9.17) is 9.15 Å². The molecule has 3 nitrogen and oxygen atoms in total. The molecule has 0 fully saturated rings. The number of benzene rings is 1. The van der Waals surface area contributed by atoms with Gasteiger partial charge in [-0.25, -0.2) is 4.79 Å². The van der Waals surface area contributed by atoms with Crippen LogP contribution in [0.4, 0.5) is 0 Å². The second kappa shape index (κ2) is 4.66. The number of rotatable bonds is 3. The topological polar surface area (TPSA) is 39.4 Å². The SMILES string of the molecule is C/C=C/COc1cc(=O)oc2ccccc12. The lowest BCUT2D eigenvalue weighted by Gasteiger charge is -2.05. The van der Waals surface area contributed by atoms with Gasteiger partial charge in [-0.15, -0.1) is 0 Å². The van der Waals surface area contributed by atoms with Gasteiger partial charge in [0.15, 0.2) is 0 Å². The van der Waals surface area contributed by atoms with E-state index in [0.29, 0.717) is 17.9 Å². The van der Waals surface area contributed by atoms with Gasteiger partial charge in [-0.3, -0.25) is 0 Å². The Balaban J connectivity index is 2.46. The Morgan fingerprint density at radius 1 is 1.38 bits per heavy atom. The highest BCUT2D eigenvalue weighted by Crippen LogP contribution is 2.22. The van der Waals surface area contributed by atoms with Crippen LogP contribution in [0.1, 0.15) is 6.92 Å². The van der Waals surface area contributed by atoms with Crippen LogP contribution in [0.3, 0.4) is 0 Å². The quantitative estimate of drug-likeness (QED) is 0.585. The molecule has 0 aliphatic carbocycles. The first-order valence-corrected chi connectivity index (χ1v) is 5.08. The van der Waals surface area contributed by atoms with E-state index in [1.165, 1.54) is 6.07 Å². The summed E-state index contributed by atoms with van der Waals surface area (Å²) < 4.78 is 10.5. The van der Waals surface area contributed by atoms with Crippen LogP contribution in [0, 0.1) is 0 Å². The standard InChI is InChI=1S/C13H12O3/c1-2-3-8-15-12-9-13(14)16-11-7-5-4-6-10(11)12/h2-7,9H,8H2,1H3/b3-2+. The molecule has 0 N–H and O–H groups in total. The van der Waals surface area contributed by atoms with Crippen molar-refractivity contribution >= 4 is 11.0 Å². The number of ether oxygens (including phenoxy) is 1. The lowest BCUT2D eigenvalue weighted by atomic mass is 10.2. The molecular formula is C13H12O3. The molecular weight excluding hydrogens is 204 g/mol. The van der Waals surface area contributed by atoms with Gasteiger partial charge < -0.3 is 9.15 Å². The van der Waals surface area contributed by atoms with Crippen molar-refractivity contribution in [1.82, 2.24) is 0 Å². The second-order valence-electron chi connectivity index (χ2n) is 3.31. The zero-order chi connectivity index (χ0) is 11.4. The van der Waals surface area contributed by atoms with Crippen molar-refractivity contribution in [3.05, 3.63) is 52.9 Å². The van der Waals surface area contributed by atoms with Gasteiger partial charge in [0, 0.05) is 0 Å². The predicted molar refractivity (Wildman–Crippen MR) is 62.8 cm³/mol. The Morgan fingerprint density at radius 3 is 3.00 bits per heavy atom. The summed E-state index contributed by atoms with van der Waals surface area (Å²) in [4.78, 5) is 11.3. The zero-order valence-corrected chi connectivity index (χ0v) is 8.97. The van der Waals surface area contributed by atoms with Crippen LogP contribution in [0.2, 0.25) is 0 Å². The van der Waals surface area contributed by atoms with Crippen molar-refractivity contribution in [2.75, 3.05) is 6.61 Å². The van der Waals surface area contributed by atoms with E-state index in [0.717, 1.165) is 5.39 Å². The average Bonchev–Trinajstić information content (AvgIpc) is 2.29. The summed E-state index contributed by atoms with van der Waals surface area (Å²) >= 11 is 0. The lowest BCUT2D eigenvalue weighted by Crippen LogP contribution is -2.01. The molecule has 0 radical (unpaired) electrons. The molecule has 0 aliphatic heterocycles. The van der Waals surface area contributed by atoms with Crippen LogP contribution in [0.15, 0.2) is 51.7 Å². The normalized spacial score (nSPS) is 11.1. The van der Waals surface area contributed by atoms with Gasteiger partial charge in [-0.05, 0) is 19.1 Å². The van der Waals surface area contributed by atoms with Crippen molar-refractivity contribution < 1.29 is 9.15 Å². The minimum atomic E-state index is -0.394. The van der Waals surface area contributed by atoms with Crippen molar-refractivity contribution in [1.29, 1.82) is 0 Å². The van der Waals surface area contributed by atoms with E-state index in [-0.39, 0.29) is 0 Å². The summed E-state index contributed by atoms with van der Waals surface area (Å²) in [5.41, 5.74) is 0.152. The lowest BCUT2D eigenvalue weighted by molar-refractivity contribution is 0.363. The molecule has 0 amide bonds. The maximum Gasteiger partial charge on any atom is 0.339 e. The average molecular weight is 216 g/mol. The minimum absolute atomic E-state index is 0.394. The van der Waals surface area contributed by atoms with Crippen molar-refractivity contribution in [2.45, 2.75) is 6.92 Å². The van der Waals surface area contributed by atoms with Crippen LogP contribution in [-0.4, -0.2) is 6.61 Å². The molecule has 0 aliphatic rings. The number of hydrogen-bond acceptors (Lipinski definition) is 3. The van der Waals surface area contributed by atoms with E-state index < -0.39 is 5.63 Å². The molecule has 1 aromatic heterocycles. The second-order valence-corrected chi connectivity index (χ2v) is 3.31. The number of fused-ring (bicyclic) bond motifs is 1. The molecule has 0 spiro atoms. The van der Waals surface area contributed by atoms with Crippen LogP contribution in [-0.2, 0) is 0 Å². The largest absolute Gasteiger partial charge is 0.488 e. The first kappa shape index (κ1) is 10.5. The van der Waals surface area contributed by atoms with Gasteiger partial charge >= 0.3 is 5.63 Å². The fourth-order valence-corrected chi connectivity index (χ4v) is 1.44. The Bertz CT molecular complexity index is 567. The maximum absolute atomic E-state index is 11.3. The predicted octanol–water partition coefficient (Wildman–Crippen LogP) is 2.75. The Kier molecular flexibility index (Phi) is 3.05. The zero-order valence-electron chi connectivity index (χ0n) is 8.97. The van der Waals surface area contributed by atoms with Crippen LogP contribution >= 0.6 is 0 Å². The third-order valence-corrected chi connectivity index (χ3v) is 2.18. The van der Waals surface area contributed by atoms with Gasteiger partial charge in [-0.1, -0.05) is 24.3 Å². The summed E-state index contributed by atoms with van der Waals surface area (Å²) in [6, 6.07) is 8.68. The molecule has 1 aromatic carbocycles. The molecule has 0 unspecified atom stereocenters. The van der Waals surface area contributed by atoms with E-state index in [9.17, 15) is 4.79 Å². The highest BCUT2D eigenvalue weighted by molar-refractivity contribution is 5.82. The molecule has 0 atom stereocenters. The third kappa shape index (κ3) is 2.14. The molecule has 0 saturated heterocycles. The minimum Gasteiger partial charge on any atom is -0.488 e. The number of para-hydroxylation sites is 1. The monoisotopic (exact) mass is 216 g/mol. The molecule has 0 saturated carbocycles. The van der Waals surface area contributed by atoms with Gasteiger partial charge in [0.1, 0.15) is 17.9 Å². The fourth-order valence-electron chi connectivity index (χ4n) is 1.44. The third-order valence-electron chi connectivity index (χ3n) is 2.18. The smallest absolute Gasteiger partial charge is 0.339 e.